The molecule has 0 radical (unpaired) electrons. The molecule has 5 heteroatoms. The molecule has 0 fully saturated rings. The molecule has 92 valence electrons. The summed E-state index contributed by atoms with van der Waals surface area (Å²) in [7, 11) is 2.75. The summed E-state index contributed by atoms with van der Waals surface area (Å²) in [5, 5.41) is 3.71. The van der Waals surface area contributed by atoms with Gasteiger partial charge in [0, 0.05) is 5.75 Å². The van der Waals surface area contributed by atoms with Crippen LogP contribution in [0.4, 0.5) is 0 Å². The SMILES string of the molecule is C=CCSC(C(=NOC)C(=O)OC)C(C)C. The van der Waals surface area contributed by atoms with Gasteiger partial charge in [-0.3, -0.25) is 0 Å². The van der Waals surface area contributed by atoms with Crippen LogP contribution in [0.1, 0.15) is 13.8 Å². The topological polar surface area (TPSA) is 47.9 Å². The molecule has 0 saturated carbocycles. The molecule has 0 aromatic rings. The van der Waals surface area contributed by atoms with E-state index in [1.165, 1.54) is 14.2 Å². The molecule has 0 spiro atoms. The van der Waals surface area contributed by atoms with Crippen LogP contribution >= 0.6 is 11.8 Å². The van der Waals surface area contributed by atoms with E-state index in [4.69, 9.17) is 0 Å². The van der Waals surface area contributed by atoms with Crippen LogP contribution in [0, 0.1) is 5.92 Å². The van der Waals surface area contributed by atoms with Crippen LogP contribution in [0.3, 0.4) is 0 Å². The summed E-state index contributed by atoms with van der Waals surface area (Å²) in [5.74, 6) is 0.567. The van der Waals surface area contributed by atoms with Gasteiger partial charge in [0.1, 0.15) is 7.11 Å². The standard InChI is InChI=1S/C11H19NO3S/c1-6-7-16-10(8(2)3)9(12-15-5)11(13)14-4/h6,8,10H,1,7H2,2-5H3. The van der Waals surface area contributed by atoms with Crippen molar-refractivity contribution >= 4 is 23.4 Å². The fourth-order valence-electron chi connectivity index (χ4n) is 1.17. The second kappa shape index (κ2) is 8.21. The minimum atomic E-state index is -0.447. The number of rotatable bonds is 7. The van der Waals surface area contributed by atoms with Crippen molar-refractivity contribution in [3.05, 3.63) is 12.7 Å². The van der Waals surface area contributed by atoms with Gasteiger partial charge in [-0.1, -0.05) is 25.1 Å². The number of oxime groups is 1. The molecule has 16 heavy (non-hydrogen) atoms. The third-order valence-corrected chi connectivity index (χ3v) is 3.41. The molecule has 1 unspecified atom stereocenters. The van der Waals surface area contributed by atoms with E-state index in [-0.39, 0.29) is 11.2 Å². The Morgan fingerprint density at radius 3 is 2.50 bits per heavy atom. The van der Waals surface area contributed by atoms with Gasteiger partial charge in [0.2, 0.25) is 0 Å². The van der Waals surface area contributed by atoms with E-state index >= 15 is 0 Å². The average molecular weight is 245 g/mol. The van der Waals surface area contributed by atoms with Crippen molar-refractivity contribution in [1.82, 2.24) is 0 Å². The Morgan fingerprint density at radius 1 is 1.50 bits per heavy atom. The molecule has 0 aliphatic rings. The smallest absolute Gasteiger partial charge is 0.357 e. The monoisotopic (exact) mass is 245 g/mol. The first kappa shape index (κ1) is 15.0. The Kier molecular flexibility index (Phi) is 7.72. The van der Waals surface area contributed by atoms with Gasteiger partial charge in [0.25, 0.3) is 0 Å². The zero-order chi connectivity index (χ0) is 12.6. The molecule has 0 rings (SSSR count). The van der Waals surface area contributed by atoms with Gasteiger partial charge in [-0.2, -0.15) is 0 Å². The highest BCUT2D eigenvalue weighted by Gasteiger charge is 2.27. The quantitative estimate of drug-likeness (QED) is 0.298. The van der Waals surface area contributed by atoms with Crippen molar-refractivity contribution in [2.45, 2.75) is 19.1 Å². The number of ether oxygens (including phenoxy) is 1. The van der Waals surface area contributed by atoms with Gasteiger partial charge in [-0.15, -0.1) is 18.3 Å². The van der Waals surface area contributed by atoms with Gasteiger partial charge in [0.05, 0.1) is 12.4 Å². The molecule has 4 nitrogen and oxygen atoms in total. The number of nitrogens with zero attached hydrogens (tertiary/aromatic N) is 1. The van der Waals surface area contributed by atoms with Gasteiger partial charge < -0.3 is 9.57 Å². The molecule has 0 amide bonds. The summed E-state index contributed by atoms with van der Waals surface area (Å²) in [6.45, 7) is 7.70. The highest BCUT2D eigenvalue weighted by Crippen LogP contribution is 2.22. The highest BCUT2D eigenvalue weighted by atomic mass is 32.2. The third kappa shape index (κ3) is 4.70. The number of esters is 1. The molecule has 0 aromatic heterocycles. The summed E-state index contributed by atoms with van der Waals surface area (Å²) in [6.07, 6.45) is 1.79. The van der Waals surface area contributed by atoms with E-state index in [0.717, 1.165) is 5.75 Å². The van der Waals surface area contributed by atoms with Crippen LogP contribution in [0.15, 0.2) is 17.8 Å². The first-order chi connectivity index (χ1) is 7.58. The number of carbonyl (C=O) groups excluding carboxylic acids is 1. The molecule has 0 heterocycles. The van der Waals surface area contributed by atoms with Gasteiger partial charge in [0.15, 0.2) is 5.71 Å². The van der Waals surface area contributed by atoms with Crippen molar-refractivity contribution in [1.29, 1.82) is 0 Å². The molecular weight excluding hydrogens is 226 g/mol. The van der Waals surface area contributed by atoms with E-state index in [2.05, 4.69) is 21.3 Å². The molecule has 0 saturated heterocycles. The van der Waals surface area contributed by atoms with Crippen molar-refractivity contribution in [3.8, 4) is 0 Å². The molecule has 0 aliphatic heterocycles. The lowest BCUT2D eigenvalue weighted by Crippen LogP contribution is -2.32. The van der Waals surface area contributed by atoms with Crippen molar-refractivity contribution in [2.75, 3.05) is 20.0 Å². The fourth-order valence-corrected chi connectivity index (χ4v) is 2.19. The predicted octanol–water partition coefficient (Wildman–Crippen LogP) is 2.11. The summed E-state index contributed by atoms with van der Waals surface area (Å²) in [6, 6.07) is 0. The van der Waals surface area contributed by atoms with Crippen LogP contribution < -0.4 is 0 Å². The summed E-state index contributed by atoms with van der Waals surface area (Å²) in [5.41, 5.74) is 0.312. The maximum atomic E-state index is 11.5. The maximum Gasteiger partial charge on any atom is 0.357 e. The zero-order valence-corrected chi connectivity index (χ0v) is 11.0. The zero-order valence-electron chi connectivity index (χ0n) is 10.2. The van der Waals surface area contributed by atoms with Crippen LogP contribution in [0.2, 0.25) is 0 Å². The lowest BCUT2D eigenvalue weighted by Gasteiger charge is -2.19. The number of thioether (sulfide) groups is 1. The summed E-state index contributed by atoms with van der Waals surface area (Å²) in [4.78, 5) is 16.2. The minimum absolute atomic E-state index is 0.0506. The lowest BCUT2D eigenvalue weighted by atomic mass is 10.1. The summed E-state index contributed by atoms with van der Waals surface area (Å²) >= 11 is 1.59. The molecule has 0 bridgehead atoms. The van der Waals surface area contributed by atoms with Gasteiger partial charge in [-0.05, 0) is 5.92 Å². The Balaban J connectivity index is 4.87. The van der Waals surface area contributed by atoms with Crippen molar-refractivity contribution in [3.63, 3.8) is 0 Å². The second-order valence-corrected chi connectivity index (χ2v) is 4.61. The number of methoxy groups -OCH3 is 1. The number of hydrogen-bond acceptors (Lipinski definition) is 5. The van der Waals surface area contributed by atoms with E-state index < -0.39 is 5.97 Å². The molecule has 0 N–H and O–H groups in total. The highest BCUT2D eigenvalue weighted by molar-refractivity contribution is 8.00. The van der Waals surface area contributed by atoms with Crippen LogP contribution in [0.5, 0.6) is 0 Å². The number of hydrogen-bond donors (Lipinski definition) is 0. The molecule has 0 aliphatic carbocycles. The van der Waals surface area contributed by atoms with Gasteiger partial charge in [-0.25, -0.2) is 4.79 Å². The maximum absolute atomic E-state index is 11.5. The predicted molar refractivity (Wildman–Crippen MR) is 67.7 cm³/mol. The second-order valence-electron chi connectivity index (χ2n) is 3.44. The normalized spacial score (nSPS) is 13.4. The Morgan fingerprint density at radius 2 is 2.12 bits per heavy atom. The Labute approximate surface area is 101 Å². The van der Waals surface area contributed by atoms with Crippen molar-refractivity contribution < 1.29 is 14.4 Å². The van der Waals surface area contributed by atoms with Gasteiger partial charge >= 0.3 is 5.97 Å². The first-order valence-electron chi connectivity index (χ1n) is 5.00. The third-order valence-electron chi connectivity index (χ3n) is 1.85. The minimum Gasteiger partial charge on any atom is -0.464 e. The van der Waals surface area contributed by atoms with E-state index in [1.54, 1.807) is 17.8 Å². The summed E-state index contributed by atoms with van der Waals surface area (Å²) < 4.78 is 4.69. The van der Waals surface area contributed by atoms with Crippen LogP contribution in [0.25, 0.3) is 0 Å². The molecule has 1 atom stereocenters. The van der Waals surface area contributed by atoms with E-state index in [9.17, 15) is 4.79 Å². The van der Waals surface area contributed by atoms with E-state index in [1.807, 2.05) is 13.8 Å². The molecular formula is C11H19NO3S. The Hall–Kier alpha value is -0.970. The van der Waals surface area contributed by atoms with Crippen LogP contribution in [-0.4, -0.2) is 36.9 Å². The van der Waals surface area contributed by atoms with Crippen molar-refractivity contribution in [2.24, 2.45) is 11.1 Å². The lowest BCUT2D eigenvalue weighted by molar-refractivity contribution is -0.133. The Bertz CT molecular complexity index is 264. The first-order valence-corrected chi connectivity index (χ1v) is 6.05. The number of carbonyl (C=O) groups is 1. The van der Waals surface area contributed by atoms with E-state index in [0.29, 0.717) is 5.71 Å². The fraction of sp³-hybridized carbons (Fsp3) is 0.636. The average Bonchev–Trinajstić information content (AvgIpc) is 2.26. The van der Waals surface area contributed by atoms with Crippen LogP contribution in [-0.2, 0) is 14.4 Å². The largest absolute Gasteiger partial charge is 0.464 e. The molecule has 0 aromatic carbocycles.